The Labute approximate surface area is 135 Å². The first-order valence-corrected chi connectivity index (χ1v) is 7.29. The second-order valence-corrected chi connectivity index (χ2v) is 5.09. The van der Waals surface area contributed by atoms with Crippen LogP contribution < -0.4 is 4.74 Å². The lowest BCUT2D eigenvalue weighted by atomic mass is 10.0. The van der Waals surface area contributed by atoms with Crippen molar-refractivity contribution in [1.29, 1.82) is 5.26 Å². The van der Waals surface area contributed by atoms with E-state index in [2.05, 4.69) is 12.6 Å². The van der Waals surface area contributed by atoms with Crippen LogP contribution in [-0.4, -0.2) is 0 Å². The van der Waals surface area contributed by atoms with Gasteiger partial charge in [-0.1, -0.05) is 49.1 Å². The standard InChI is InChI=1S/C21H15NO/c1-2-16-5-11-20(12-6-16)23-21-13-9-19(10-14-21)18-7-3-17(15-22)4-8-18/h2-14H,1H2. The highest BCUT2D eigenvalue weighted by molar-refractivity contribution is 5.65. The van der Waals surface area contributed by atoms with Gasteiger partial charge in [0.05, 0.1) is 11.6 Å². The first kappa shape index (κ1) is 14.6. The molecule has 2 heteroatoms. The maximum Gasteiger partial charge on any atom is 0.127 e. The van der Waals surface area contributed by atoms with Gasteiger partial charge >= 0.3 is 0 Å². The molecule has 0 aliphatic heterocycles. The van der Waals surface area contributed by atoms with Crippen LogP contribution in [0.1, 0.15) is 11.1 Å². The average molecular weight is 297 g/mol. The highest BCUT2D eigenvalue weighted by atomic mass is 16.5. The van der Waals surface area contributed by atoms with Crippen molar-refractivity contribution in [3.8, 4) is 28.7 Å². The van der Waals surface area contributed by atoms with E-state index in [-0.39, 0.29) is 0 Å². The fourth-order valence-electron chi connectivity index (χ4n) is 2.26. The van der Waals surface area contributed by atoms with Gasteiger partial charge in [-0.15, -0.1) is 0 Å². The third kappa shape index (κ3) is 3.48. The third-order valence-corrected chi connectivity index (χ3v) is 3.55. The zero-order valence-electron chi connectivity index (χ0n) is 12.6. The van der Waals surface area contributed by atoms with E-state index in [1.165, 1.54) is 0 Å². The molecule has 0 atom stereocenters. The summed E-state index contributed by atoms with van der Waals surface area (Å²) in [6.07, 6.45) is 1.80. The SMILES string of the molecule is C=Cc1ccc(Oc2ccc(-c3ccc(C#N)cc3)cc2)cc1. The van der Waals surface area contributed by atoms with Crippen molar-refractivity contribution in [3.63, 3.8) is 0 Å². The highest BCUT2D eigenvalue weighted by Crippen LogP contribution is 2.26. The number of nitriles is 1. The van der Waals surface area contributed by atoms with Crippen LogP contribution in [0.25, 0.3) is 17.2 Å². The summed E-state index contributed by atoms with van der Waals surface area (Å²) in [7, 11) is 0. The highest BCUT2D eigenvalue weighted by Gasteiger charge is 2.01. The molecule has 0 aliphatic carbocycles. The number of nitrogens with zero attached hydrogens (tertiary/aromatic N) is 1. The van der Waals surface area contributed by atoms with Crippen molar-refractivity contribution in [2.45, 2.75) is 0 Å². The van der Waals surface area contributed by atoms with Crippen LogP contribution in [0.3, 0.4) is 0 Å². The van der Waals surface area contributed by atoms with E-state index in [9.17, 15) is 0 Å². The van der Waals surface area contributed by atoms with Crippen LogP contribution in [0.4, 0.5) is 0 Å². The molecule has 0 heterocycles. The molecule has 3 aromatic carbocycles. The van der Waals surface area contributed by atoms with Gasteiger partial charge in [0.25, 0.3) is 0 Å². The van der Waals surface area contributed by atoms with Gasteiger partial charge in [-0.2, -0.15) is 5.26 Å². The van der Waals surface area contributed by atoms with Gasteiger partial charge in [-0.3, -0.25) is 0 Å². The largest absolute Gasteiger partial charge is 0.457 e. The number of hydrogen-bond acceptors (Lipinski definition) is 2. The Bertz CT molecular complexity index is 838. The summed E-state index contributed by atoms with van der Waals surface area (Å²) in [5.41, 5.74) is 3.89. The zero-order valence-corrected chi connectivity index (χ0v) is 12.6. The maximum absolute atomic E-state index is 8.84. The minimum atomic E-state index is 0.664. The second-order valence-electron chi connectivity index (χ2n) is 5.09. The molecule has 0 amide bonds. The number of ether oxygens (including phenoxy) is 1. The monoisotopic (exact) mass is 297 g/mol. The average Bonchev–Trinajstić information content (AvgIpc) is 2.63. The van der Waals surface area contributed by atoms with Gasteiger partial charge in [-0.25, -0.2) is 0 Å². The Morgan fingerprint density at radius 1 is 0.739 bits per heavy atom. The Balaban J connectivity index is 1.75. The molecule has 3 aromatic rings. The molecule has 3 rings (SSSR count). The molecule has 2 nitrogen and oxygen atoms in total. The third-order valence-electron chi connectivity index (χ3n) is 3.55. The summed E-state index contributed by atoms with van der Waals surface area (Å²) in [5, 5.41) is 8.84. The van der Waals surface area contributed by atoms with Crippen LogP contribution in [0.2, 0.25) is 0 Å². The fourth-order valence-corrected chi connectivity index (χ4v) is 2.26. The normalized spacial score (nSPS) is 9.87. The summed E-state index contributed by atoms with van der Waals surface area (Å²) < 4.78 is 5.83. The van der Waals surface area contributed by atoms with Gasteiger partial charge in [0.15, 0.2) is 0 Å². The molecule has 110 valence electrons. The van der Waals surface area contributed by atoms with Crippen molar-refractivity contribution < 1.29 is 4.74 Å². The molecule has 0 saturated heterocycles. The fraction of sp³-hybridized carbons (Fsp3) is 0. The Hall–Kier alpha value is -3.31. The van der Waals surface area contributed by atoms with Gasteiger partial charge in [-0.05, 0) is 53.1 Å². The molecule has 0 unspecified atom stereocenters. The molecule has 0 aromatic heterocycles. The van der Waals surface area contributed by atoms with Gasteiger partial charge in [0.1, 0.15) is 11.5 Å². The second kappa shape index (κ2) is 6.64. The van der Waals surface area contributed by atoms with Crippen molar-refractivity contribution in [1.82, 2.24) is 0 Å². The minimum absolute atomic E-state index is 0.664. The minimum Gasteiger partial charge on any atom is -0.457 e. The zero-order chi connectivity index (χ0) is 16.1. The summed E-state index contributed by atoms with van der Waals surface area (Å²) in [6, 6.07) is 25.3. The maximum atomic E-state index is 8.84. The molecule has 0 aliphatic rings. The van der Waals surface area contributed by atoms with Crippen molar-refractivity contribution >= 4 is 6.08 Å². The van der Waals surface area contributed by atoms with E-state index in [4.69, 9.17) is 10.00 Å². The molecule has 0 spiro atoms. The van der Waals surface area contributed by atoms with Gasteiger partial charge < -0.3 is 4.74 Å². The van der Waals surface area contributed by atoms with E-state index < -0.39 is 0 Å². The Morgan fingerprint density at radius 2 is 1.22 bits per heavy atom. The summed E-state index contributed by atoms with van der Waals surface area (Å²) in [4.78, 5) is 0. The quantitative estimate of drug-likeness (QED) is 0.622. The predicted octanol–water partition coefficient (Wildman–Crippen LogP) is 5.66. The molecule has 0 saturated carbocycles. The van der Waals surface area contributed by atoms with Crippen LogP contribution in [-0.2, 0) is 0 Å². The smallest absolute Gasteiger partial charge is 0.127 e. The van der Waals surface area contributed by atoms with Crippen molar-refractivity contribution in [3.05, 3.63) is 90.5 Å². The molecule has 0 N–H and O–H groups in total. The van der Waals surface area contributed by atoms with E-state index in [0.717, 1.165) is 28.2 Å². The first-order valence-electron chi connectivity index (χ1n) is 7.29. The number of hydrogen-bond donors (Lipinski definition) is 0. The van der Waals surface area contributed by atoms with Crippen LogP contribution >= 0.6 is 0 Å². The van der Waals surface area contributed by atoms with E-state index in [1.54, 1.807) is 6.08 Å². The summed E-state index contributed by atoms with van der Waals surface area (Å²) in [5.74, 6) is 1.58. The van der Waals surface area contributed by atoms with Crippen molar-refractivity contribution in [2.75, 3.05) is 0 Å². The van der Waals surface area contributed by atoms with Gasteiger partial charge in [0.2, 0.25) is 0 Å². The molecular weight excluding hydrogens is 282 g/mol. The topological polar surface area (TPSA) is 33.0 Å². The molecule has 0 bridgehead atoms. The van der Waals surface area contributed by atoms with E-state index >= 15 is 0 Å². The summed E-state index contributed by atoms with van der Waals surface area (Å²) >= 11 is 0. The Morgan fingerprint density at radius 3 is 1.70 bits per heavy atom. The number of benzene rings is 3. The van der Waals surface area contributed by atoms with Crippen LogP contribution in [0.5, 0.6) is 11.5 Å². The molecule has 0 fully saturated rings. The number of rotatable bonds is 4. The van der Waals surface area contributed by atoms with E-state index in [1.807, 2.05) is 72.8 Å². The predicted molar refractivity (Wildman–Crippen MR) is 93.2 cm³/mol. The molecule has 0 radical (unpaired) electrons. The Kier molecular flexibility index (Phi) is 4.22. The lowest BCUT2D eigenvalue weighted by Gasteiger charge is -2.07. The summed E-state index contributed by atoms with van der Waals surface area (Å²) in [6.45, 7) is 3.74. The first-order chi connectivity index (χ1) is 11.3. The molecule has 23 heavy (non-hydrogen) atoms. The lowest BCUT2D eigenvalue weighted by Crippen LogP contribution is -1.85. The van der Waals surface area contributed by atoms with Crippen LogP contribution in [0, 0.1) is 11.3 Å². The van der Waals surface area contributed by atoms with Crippen LogP contribution in [0.15, 0.2) is 79.4 Å². The lowest BCUT2D eigenvalue weighted by molar-refractivity contribution is 0.483. The molecular formula is C21H15NO. The van der Waals surface area contributed by atoms with E-state index in [0.29, 0.717) is 5.56 Å². The van der Waals surface area contributed by atoms with Crippen molar-refractivity contribution in [2.24, 2.45) is 0 Å². The van der Waals surface area contributed by atoms with Gasteiger partial charge in [0, 0.05) is 0 Å².